The molecule has 0 aliphatic rings. The van der Waals surface area contributed by atoms with E-state index in [9.17, 15) is 4.79 Å². The van der Waals surface area contributed by atoms with Crippen molar-refractivity contribution in [1.82, 2.24) is 4.98 Å². The van der Waals surface area contributed by atoms with Crippen LogP contribution in [0.3, 0.4) is 0 Å². The summed E-state index contributed by atoms with van der Waals surface area (Å²) in [5.41, 5.74) is 1.63. The first kappa shape index (κ1) is 14.2. The molecular formula is C16H18N2O2. The van der Waals surface area contributed by atoms with Crippen LogP contribution in [0, 0.1) is 0 Å². The second kappa shape index (κ2) is 6.82. The van der Waals surface area contributed by atoms with E-state index in [0.29, 0.717) is 6.54 Å². The van der Waals surface area contributed by atoms with E-state index < -0.39 is 6.10 Å². The Morgan fingerprint density at radius 3 is 2.55 bits per heavy atom. The molecule has 0 fully saturated rings. The van der Waals surface area contributed by atoms with Crippen molar-refractivity contribution >= 4 is 11.6 Å². The van der Waals surface area contributed by atoms with E-state index in [2.05, 4.69) is 4.98 Å². The van der Waals surface area contributed by atoms with Gasteiger partial charge in [-0.2, -0.15) is 0 Å². The molecule has 0 aliphatic carbocycles. The van der Waals surface area contributed by atoms with Gasteiger partial charge >= 0.3 is 0 Å². The first-order chi connectivity index (χ1) is 9.77. The maximum atomic E-state index is 12.7. The topological polar surface area (TPSA) is 42.4 Å². The number of likely N-dealkylation sites (N-methyl/N-ethyl adjacent to an activating group) is 1. The predicted octanol–water partition coefficient (Wildman–Crippen LogP) is 2.82. The van der Waals surface area contributed by atoms with Crippen LogP contribution in [0.4, 0.5) is 5.69 Å². The molecule has 1 amide bonds. The van der Waals surface area contributed by atoms with Gasteiger partial charge in [0, 0.05) is 19.9 Å². The van der Waals surface area contributed by atoms with Crippen molar-refractivity contribution in [2.24, 2.45) is 0 Å². The highest BCUT2D eigenvalue weighted by molar-refractivity contribution is 5.97. The molecule has 0 unspecified atom stereocenters. The Bertz CT molecular complexity index is 493. The Hall–Kier alpha value is -2.20. The minimum atomic E-state index is -0.601. The van der Waals surface area contributed by atoms with Crippen LogP contribution in [0.5, 0.6) is 0 Å². The molecule has 1 heterocycles. The molecule has 0 aliphatic heterocycles. The smallest absolute Gasteiger partial charge is 0.260 e. The number of methoxy groups -OCH3 is 1. The molecule has 0 saturated heterocycles. The number of pyridine rings is 1. The summed E-state index contributed by atoms with van der Waals surface area (Å²) < 4.78 is 5.39. The van der Waals surface area contributed by atoms with Gasteiger partial charge in [0.15, 0.2) is 6.10 Å². The van der Waals surface area contributed by atoms with Gasteiger partial charge < -0.3 is 9.64 Å². The third-order valence-corrected chi connectivity index (χ3v) is 3.10. The number of rotatable bonds is 5. The van der Waals surface area contributed by atoms with Gasteiger partial charge in [0.2, 0.25) is 0 Å². The molecular weight excluding hydrogens is 252 g/mol. The second-order valence-electron chi connectivity index (χ2n) is 4.32. The summed E-state index contributed by atoms with van der Waals surface area (Å²) in [6, 6.07) is 13.2. The number of hydrogen-bond donors (Lipinski definition) is 0. The number of nitrogens with zero attached hydrogens (tertiary/aromatic N) is 2. The number of amides is 1. The molecule has 104 valence electrons. The lowest BCUT2D eigenvalue weighted by molar-refractivity contribution is -0.128. The summed E-state index contributed by atoms with van der Waals surface area (Å²) in [7, 11) is 1.55. The van der Waals surface area contributed by atoms with Crippen LogP contribution in [-0.4, -0.2) is 24.5 Å². The summed E-state index contributed by atoms with van der Waals surface area (Å²) in [4.78, 5) is 18.4. The zero-order valence-corrected chi connectivity index (χ0v) is 11.7. The predicted molar refractivity (Wildman–Crippen MR) is 78.5 cm³/mol. The van der Waals surface area contributed by atoms with Crippen LogP contribution in [0.2, 0.25) is 0 Å². The Morgan fingerprint density at radius 1 is 1.25 bits per heavy atom. The number of ether oxygens (including phenoxy) is 1. The van der Waals surface area contributed by atoms with Gasteiger partial charge in [-0.15, -0.1) is 0 Å². The van der Waals surface area contributed by atoms with E-state index in [0.717, 1.165) is 11.3 Å². The summed E-state index contributed by atoms with van der Waals surface area (Å²) in [6.45, 7) is 2.50. The van der Waals surface area contributed by atoms with E-state index in [4.69, 9.17) is 4.74 Å². The molecule has 2 aromatic rings. The zero-order chi connectivity index (χ0) is 14.4. The van der Waals surface area contributed by atoms with E-state index in [1.54, 1.807) is 24.4 Å². The minimum absolute atomic E-state index is 0.0887. The Balaban J connectivity index is 2.28. The average Bonchev–Trinajstić information content (AvgIpc) is 2.51. The van der Waals surface area contributed by atoms with Crippen molar-refractivity contribution in [3.8, 4) is 0 Å². The fraction of sp³-hybridized carbons (Fsp3) is 0.250. The lowest BCUT2D eigenvalue weighted by atomic mass is 10.1. The number of carbonyl (C=O) groups is 1. The molecule has 1 aromatic heterocycles. The lowest BCUT2D eigenvalue weighted by Crippen LogP contribution is -2.35. The highest BCUT2D eigenvalue weighted by atomic mass is 16.5. The normalized spacial score (nSPS) is 11.9. The largest absolute Gasteiger partial charge is 0.367 e. The lowest BCUT2D eigenvalue weighted by Gasteiger charge is -2.25. The maximum absolute atomic E-state index is 12.7. The summed E-state index contributed by atoms with van der Waals surface area (Å²) in [6.07, 6.45) is 2.77. The highest BCUT2D eigenvalue weighted by Crippen LogP contribution is 2.22. The molecule has 0 saturated carbocycles. The van der Waals surface area contributed by atoms with E-state index in [1.165, 1.54) is 0 Å². The molecule has 0 radical (unpaired) electrons. The quantitative estimate of drug-likeness (QED) is 0.839. The summed E-state index contributed by atoms with van der Waals surface area (Å²) in [5.74, 6) is -0.0887. The van der Waals surface area contributed by atoms with Gasteiger partial charge in [-0.1, -0.05) is 30.3 Å². The third-order valence-electron chi connectivity index (χ3n) is 3.10. The molecule has 0 bridgehead atoms. The third kappa shape index (κ3) is 3.03. The first-order valence-electron chi connectivity index (χ1n) is 6.57. The fourth-order valence-corrected chi connectivity index (χ4v) is 2.13. The molecule has 1 aromatic carbocycles. The number of carbonyl (C=O) groups excluding carboxylic acids is 1. The van der Waals surface area contributed by atoms with Crippen molar-refractivity contribution in [1.29, 1.82) is 0 Å². The number of benzene rings is 1. The molecule has 0 spiro atoms. The van der Waals surface area contributed by atoms with Gasteiger partial charge in [0.1, 0.15) is 0 Å². The SMILES string of the molecule is CCN(C(=O)[C@H](OC)c1ccccc1)c1cccnc1. The highest BCUT2D eigenvalue weighted by Gasteiger charge is 2.25. The number of anilines is 1. The average molecular weight is 270 g/mol. The van der Waals surface area contributed by atoms with Crippen LogP contribution < -0.4 is 4.90 Å². The standard InChI is InChI=1S/C16H18N2O2/c1-3-18(14-10-7-11-17-12-14)16(19)15(20-2)13-8-5-4-6-9-13/h4-12,15H,3H2,1-2H3/t15-/m1/s1. The molecule has 4 nitrogen and oxygen atoms in total. The van der Waals surface area contributed by atoms with Gasteiger partial charge in [0.25, 0.3) is 5.91 Å². The summed E-state index contributed by atoms with van der Waals surface area (Å²) in [5, 5.41) is 0. The molecule has 4 heteroatoms. The van der Waals surface area contributed by atoms with Crippen LogP contribution in [0.25, 0.3) is 0 Å². The van der Waals surface area contributed by atoms with Crippen LogP contribution in [-0.2, 0) is 9.53 Å². The van der Waals surface area contributed by atoms with E-state index >= 15 is 0 Å². The van der Waals surface area contributed by atoms with Gasteiger partial charge in [-0.3, -0.25) is 9.78 Å². The van der Waals surface area contributed by atoms with Crippen molar-refractivity contribution < 1.29 is 9.53 Å². The number of aromatic nitrogens is 1. The van der Waals surface area contributed by atoms with Crippen molar-refractivity contribution in [2.45, 2.75) is 13.0 Å². The van der Waals surface area contributed by atoms with Gasteiger partial charge in [-0.25, -0.2) is 0 Å². The second-order valence-corrected chi connectivity index (χ2v) is 4.32. The minimum Gasteiger partial charge on any atom is -0.367 e. The van der Waals surface area contributed by atoms with E-state index in [-0.39, 0.29) is 5.91 Å². The Labute approximate surface area is 119 Å². The van der Waals surface area contributed by atoms with E-state index in [1.807, 2.05) is 49.4 Å². The van der Waals surface area contributed by atoms with Crippen LogP contribution in [0.1, 0.15) is 18.6 Å². The molecule has 1 atom stereocenters. The number of hydrogen-bond acceptors (Lipinski definition) is 3. The Morgan fingerprint density at radius 2 is 2.00 bits per heavy atom. The van der Waals surface area contributed by atoms with Crippen molar-refractivity contribution in [3.63, 3.8) is 0 Å². The fourth-order valence-electron chi connectivity index (χ4n) is 2.13. The Kier molecular flexibility index (Phi) is 4.85. The van der Waals surface area contributed by atoms with Crippen LogP contribution in [0.15, 0.2) is 54.9 Å². The molecule has 2 rings (SSSR count). The monoisotopic (exact) mass is 270 g/mol. The zero-order valence-electron chi connectivity index (χ0n) is 11.7. The van der Waals surface area contributed by atoms with Crippen LogP contribution >= 0.6 is 0 Å². The van der Waals surface area contributed by atoms with Gasteiger partial charge in [0.05, 0.1) is 11.9 Å². The van der Waals surface area contributed by atoms with Gasteiger partial charge in [-0.05, 0) is 24.6 Å². The van der Waals surface area contributed by atoms with Crippen molar-refractivity contribution in [3.05, 3.63) is 60.4 Å². The first-order valence-corrected chi connectivity index (χ1v) is 6.57. The molecule has 0 N–H and O–H groups in total. The van der Waals surface area contributed by atoms with Crippen molar-refractivity contribution in [2.75, 3.05) is 18.6 Å². The summed E-state index contributed by atoms with van der Waals surface area (Å²) >= 11 is 0. The maximum Gasteiger partial charge on any atom is 0.260 e. The molecule has 20 heavy (non-hydrogen) atoms.